The van der Waals surface area contributed by atoms with Gasteiger partial charge in [0.15, 0.2) is 0 Å². The lowest BCUT2D eigenvalue weighted by molar-refractivity contribution is 0.673. The van der Waals surface area contributed by atoms with Gasteiger partial charge in [-0.2, -0.15) is 10.5 Å². The Bertz CT molecular complexity index is 4070. The predicted molar refractivity (Wildman–Crippen MR) is 260 cm³/mol. The molecule has 0 radical (unpaired) electrons. The minimum Gasteiger partial charge on any atom is -0.455 e. The van der Waals surface area contributed by atoms with Gasteiger partial charge in [0.25, 0.3) is 0 Å². The summed E-state index contributed by atoms with van der Waals surface area (Å²) in [4.78, 5) is 0. The molecule has 63 heavy (non-hydrogen) atoms. The fourth-order valence-electron chi connectivity index (χ4n) is 9.96. The van der Waals surface area contributed by atoms with Crippen LogP contribution in [0, 0.1) is 22.7 Å². The average molecular weight is 806 g/mol. The van der Waals surface area contributed by atoms with E-state index in [9.17, 15) is 10.5 Å². The van der Waals surface area contributed by atoms with E-state index in [1.165, 1.54) is 21.5 Å². The molecule has 0 aliphatic carbocycles. The van der Waals surface area contributed by atoms with Gasteiger partial charge in [0.2, 0.25) is 0 Å². The zero-order chi connectivity index (χ0) is 42.3. The van der Waals surface area contributed by atoms with E-state index in [4.69, 9.17) is 4.42 Å². The van der Waals surface area contributed by atoms with E-state index in [1.54, 1.807) is 0 Å². The van der Waals surface area contributed by atoms with Crippen molar-refractivity contribution in [2.24, 2.45) is 0 Å². The highest BCUT2D eigenvalue weighted by atomic mass is 16.3. The SMILES string of the molecule is C=C/C=C(\C=C/C)n1c2ccccc2c2ccc3c(c4ccccc4n3-c3ccc(-c4cc(C#N)cc(-n5c6ccc(C#N)cc6c6c7oc8ccccc8c7ccc65)c4)cc3)c21. The summed E-state index contributed by atoms with van der Waals surface area (Å²) in [6, 6.07) is 59.2. The van der Waals surface area contributed by atoms with Gasteiger partial charge in [0.1, 0.15) is 11.2 Å². The second-order valence-corrected chi connectivity index (χ2v) is 15.9. The van der Waals surface area contributed by atoms with Crippen LogP contribution in [-0.4, -0.2) is 13.7 Å². The molecule has 12 rings (SSSR count). The molecule has 8 aromatic carbocycles. The summed E-state index contributed by atoms with van der Waals surface area (Å²) in [5.74, 6) is 0. The normalized spacial score (nSPS) is 12.3. The fraction of sp³-hybridized carbons (Fsp3) is 0.0175. The zero-order valence-corrected chi connectivity index (χ0v) is 34.2. The van der Waals surface area contributed by atoms with Crippen LogP contribution in [0.25, 0.3) is 116 Å². The van der Waals surface area contributed by atoms with Crippen molar-refractivity contribution < 1.29 is 4.42 Å². The molecule has 6 heteroatoms. The molecular weight excluding hydrogens is 771 g/mol. The number of hydrogen-bond donors (Lipinski definition) is 0. The van der Waals surface area contributed by atoms with E-state index in [2.05, 4.69) is 160 Å². The van der Waals surface area contributed by atoms with Gasteiger partial charge in [-0.25, -0.2) is 0 Å². The molecular formula is C57H35N5O. The Balaban J connectivity index is 1.04. The molecule has 0 fully saturated rings. The van der Waals surface area contributed by atoms with E-state index < -0.39 is 0 Å². The minimum atomic E-state index is 0.546. The molecule has 0 unspecified atom stereocenters. The van der Waals surface area contributed by atoms with Crippen LogP contribution in [0.5, 0.6) is 0 Å². The maximum absolute atomic E-state index is 10.4. The highest BCUT2D eigenvalue weighted by Crippen LogP contribution is 2.44. The van der Waals surface area contributed by atoms with Crippen molar-refractivity contribution in [1.29, 1.82) is 10.5 Å². The first kappa shape index (κ1) is 36.0. The molecule has 294 valence electrons. The lowest BCUT2D eigenvalue weighted by Gasteiger charge is -2.13. The van der Waals surface area contributed by atoms with Gasteiger partial charge in [-0.3, -0.25) is 0 Å². The van der Waals surface area contributed by atoms with Crippen molar-refractivity contribution in [3.05, 3.63) is 200 Å². The maximum atomic E-state index is 10.4. The first-order valence-corrected chi connectivity index (χ1v) is 20.9. The summed E-state index contributed by atoms with van der Waals surface area (Å²) < 4.78 is 13.4. The van der Waals surface area contributed by atoms with Crippen LogP contribution in [0.15, 0.2) is 193 Å². The standard InChI is InChI=1S/C57H35N5O/c1-3-11-39(12-4-2)62-48-16-8-5-13-42(48)44-24-27-51-54(56(44)62)46-15-6-9-17-49(46)60(51)40-22-20-37(21-23-40)38-29-36(34-59)30-41(32-38)61-50-26-19-35(33-58)31-47(50)55-52(61)28-25-45-43-14-7-10-18-53(43)63-57(45)55/h3-32H,1H2,2H3/b12-4-,39-11+. The zero-order valence-electron chi connectivity index (χ0n) is 34.2. The number of benzene rings is 8. The molecule has 0 saturated heterocycles. The number of hydrogen-bond acceptors (Lipinski definition) is 3. The van der Waals surface area contributed by atoms with Crippen molar-refractivity contribution in [1.82, 2.24) is 13.7 Å². The third kappa shape index (κ3) is 5.23. The van der Waals surface area contributed by atoms with Crippen LogP contribution in [-0.2, 0) is 0 Å². The molecule has 0 bridgehead atoms. The van der Waals surface area contributed by atoms with E-state index in [1.807, 2.05) is 61.5 Å². The van der Waals surface area contributed by atoms with Crippen molar-refractivity contribution in [3.63, 3.8) is 0 Å². The molecule has 4 heterocycles. The Morgan fingerprint density at radius 1 is 0.540 bits per heavy atom. The van der Waals surface area contributed by atoms with Crippen LogP contribution in [0.1, 0.15) is 18.1 Å². The summed E-state index contributed by atoms with van der Waals surface area (Å²) in [7, 11) is 0. The van der Waals surface area contributed by atoms with E-state index in [-0.39, 0.29) is 0 Å². The molecule has 4 aromatic heterocycles. The van der Waals surface area contributed by atoms with Crippen LogP contribution in [0.3, 0.4) is 0 Å². The Morgan fingerprint density at radius 3 is 1.98 bits per heavy atom. The van der Waals surface area contributed by atoms with Gasteiger partial charge in [0.05, 0.1) is 61.8 Å². The number of fused-ring (bicyclic) bond motifs is 14. The third-order valence-electron chi connectivity index (χ3n) is 12.5. The van der Waals surface area contributed by atoms with Crippen LogP contribution >= 0.6 is 0 Å². The van der Waals surface area contributed by atoms with Gasteiger partial charge < -0.3 is 18.1 Å². The number of rotatable bonds is 6. The summed E-state index contributed by atoms with van der Waals surface area (Å²) in [5.41, 5.74) is 13.9. The number of aromatic nitrogens is 3. The molecule has 6 nitrogen and oxygen atoms in total. The number of nitrogens with zero attached hydrogens (tertiary/aromatic N) is 5. The molecule has 0 aliphatic heterocycles. The Kier molecular flexibility index (Phi) is 7.93. The topological polar surface area (TPSA) is 75.5 Å². The molecule has 0 amide bonds. The van der Waals surface area contributed by atoms with Crippen LogP contribution in [0.4, 0.5) is 0 Å². The monoisotopic (exact) mass is 805 g/mol. The average Bonchev–Trinajstić information content (AvgIpc) is 4.07. The van der Waals surface area contributed by atoms with Gasteiger partial charge in [-0.15, -0.1) is 0 Å². The molecule has 0 spiro atoms. The Labute approximate surface area is 361 Å². The summed E-state index contributed by atoms with van der Waals surface area (Å²) in [6.45, 7) is 6.10. The van der Waals surface area contributed by atoms with Crippen molar-refractivity contribution >= 4 is 93.1 Å². The first-order chi connectivity index (χ1) is 31.1. The van der Waals surface area contributed by atoms with Gasteiger partial charge in [0, 0.05) is 54.8 Å². The molecule has 12 aromatic rings. The van der Waals surface area contributed by atoms with E-state index >= 15 is 0 Å². The minimum absolute atomic E-state index is 0.546. The molecule has 0 saturated carbocycles. The Hall–Kier alpha value is -8.84. The van der Waals surface area contributed by atoms with Crippen LogP contribution in [0.2, 0.25) is 0 Å². The summed E-state index contributed by atoms with van der Waals surface area (Å²) in [5, 5.41) is 29.0. The van der Waals surface area contributed by atoms with Gasteiger partial charge in [-0.1, -0.05) is 91.5 Å². The van der Waals surface area contributed by atoms with Gasteiger partial charge >= 0.3 is 0 Å². The van der Waals surface area contributed by atoms with Crippen molar-refractivity contribution in [3.8, 4) is 34.6 Å². The molecule has 0 atom stereocenters. The number of allylic oxidation sites excluding steroid dienone is 5. The van der Waals surface area contributed by atoms with Crippen molar-refractivity contribution in [2.75, 3.05) is 0 Å². The third-order valence-corrected chi connectivity index (χ3v) is 12.5. The number of para-hydroxylation sites is 3. The maximum Gasteiger partial charge on any atom is 0.145 e. The van der Waals surface area contributed by atoms with Crippen LogP contribution < -0.4 is 0 Å². The van der Waals surface area contributed by atoms with E-state index in [0.717, 1.165) is 94.0 Å². The smallest absolute Gasteiger partial charge is 0.145 e. The fourth-order valence-corrected chi connectivity index (χ4v) is 9.96. The highest BCUT2D eigenvalue weighted by molar-refractivity contribution is 6.27. The van der Waals surface area contributed by atoms with Crippen molar-refractivity contribution in [2.45, 2.75) is 6.92 Å². The molecule has 0 aliphatic rings. The number of nitriles is 2. The summed E-state index contributed by atoms with van der Waals surface area (Å²) >= 11 is 0. The van der Waals surface area contributed by atoms with Gasteiger partial charge in [-0.05, 0) is 115 Å². The van der Waals surface area contributed by atoms with E-state index in [0.29, 0.717) is 11.1 Å². The highest BCUT2D eigenvalue weighted by Gasteiger charge is 2.22. The second kappa shape index (κ2) is 13.9. The Morgan fingerprint density at radius 2 is 1.21 bits per heavy atom. The largest absolute Gasteiger partial charge is 0.455 e. The quantitative estimate of drug-likeness (QED) is 0.157. The second-order valence-electron chi connectivity index (χ2n) is 15.9. The lowest BCUT2D eigenvalue weighted by Crippen LogP contribution is -1.97. The molecule has 0 N–H and O–H groups in total. The lowest BCUT2D eigenvalue weighted by atomic mass is 10.0. The predicted octanol–water partition coefficient (Wildman–Crippen LogP) is 14.9. The summed E-state index contributed by atoms with van der Waals surface area (Å²) in [6.07, 6.45) is 8.14. The number of furan rings is 1. The first-order valence-electron chi connectivity index (χ1n) is 20.9.